The molecule has 1 aliphatic carbocycles. The van der Waals surface area contributed by atoms with Gasteiger partial charge in [-0.15, -0.1) is 0 Å². The zero-order chi connectivity index (χ0) is 19.6. The van der Waals surface area contributed by atoms with E-state index in [0.717, 1.165) is 17.7 Å². The first-order valence-corrected chi connectivity index (χ1v) is 9.18. The third-order valence-electron chi connectivity index (χ3n) is 4.63. The van der Waals surface area contributed by atoms with Crippen molar-refractivity contribution in [1.82, 2.24) is 4.90 Å². The van der Waals surface area contributed by atoms with Gasteiger partial charge in [0.1, 0.15) is 5.75 Å². The number of nitrogens with zero attached hydrogens (tertiary/aromatic N) is 1. The third-order valence-corrected chi connectivity index (χ3v) is 4.63. The Kier molecular flexibility index (Phi) is 8.29. The van der Waals surface area contributed by atoms with Gasteiger partial charge in [0.05, 0.1) is 6.42 Å². The fourth-order valence-electron chi connectivity index (χ4n) is 3.20. The minimum absolute atomic E-state index is 0.0572. The Labute approximate surface area is 158 Å². The minimum atomic E-state index is -2.87. The number of nitrogens with one attached hydrogen (secondary N) is 1. The van der Waals surface area contributed by atoms with Gasteiger partial charge in [-0.05, 0) is 36.6 Å². The van der Waals surface area contributed by atoms with Gasteiger partial charge >= 0.3 is 12.6 Å². The molecule has 3 N–H and O–H groups in total. The topological polar surface area (TPSA) is 84.7 Å². The Hall–Kier alpha value is -2.38. The number of amides is 3. The van der Waals surface area contributed by atoms with Crippen LogP contribution in [0.25, 0.3) is 0 Å². The monoisotopic (exact) mass is 382 g/mol. The molecule has 0 saturated heterocycles. The molecule has 0 atom stereocenters. The first-order valence-electron chi connectivity index (χ1n) is 9.18. The number of primary amides is 1. The highest BCUT2D eigenvalue weighted by Crippen LogP contribution is 2.27. The number of alkyl halides is 2. The summed E-state index contributed by atoms with van der Waals surface area (Å²) in [5.74, 6) is 0.182. The highest BCUT2D eigenvalue weighted by Gasteiger charge is 2.21. The summed E-state index contributed by atoms with van der Waals surface area (Å²) in [4.78, 5) is 24.8. The van der Waals surface area contributed by atoms with Crippen molar-refractivity contribution in [3.05, 3.63) is 30.7 Å². The van der Waals surface area contributed by atoms with Crippen molar-refractivity contribution in [2.75, 3.05) is 18.4 Å². The summed E-state index contributed by atoms with van der Waals surface area (Å²) >= 11 is 0. The van der Waals surface area contributed by atoms with Gasteiger partial charge in [0.25, 0.3) is 0 Å². The van der Waals surface area contributed by atoms with Crippen LogP contribution in [0.2, 0.25) is 0 Å². The first kappa shape index (κ1) is 20.9. The van der Waals surface area contributed by atoms with Crippen molar-refractivity contribution in [3.63, 3.8) is 0 Å². The molecular formula is C19H26F2N3O3. The molecule has 1 aromatic rings. The van der Waals surface area contributed by atoms with Gasteiger partial charge in [0.15, 0.2) is 0 Å². The number of anilines is 1. The van der Waals surface area contributed by atoms with Crippen LogP contribution in [0.1, 0.15) is 38.5 Å². The molecule has 0 aromatic heterocycles. The van der Waals surface area contributed by atoms with Gasteiger partial charge in [0.2, 0.25) is 5.91 Å². The largest absolute Gasteiger partial charge is 0.435 e. The second-order valence-corrected chi connectivity index (χ2v) is 6.60. The Balaban J connectivity index is 1.76. The lowest BCUT2D eigenvalue weighted by atomic mass is 9.86. The van der Waals surface area contributed by atoms with E-state index >= 15 is 0 Å². The van der Waals surface area contributed by atoms with E-state index in [9.17, 15) is 18.4 Å². The summed E-state index contributed by atoms with van der Waals surface area (Å²) in [5.41, 5.74) is 5.98. The molecule has 1 aliphatic rings. The molecule has 0 aliphatic heterocycles. The van der Waals surface area contributed by atoms with Crippen LogP contribution in [0, 0.1) is 12.3 Å². The van der Waals surface area contributed by atoms with Crippen LogP contribution >= 0.6 is 0 Å². The molecule has 3 amide bonds. The number of ether oxygens (including phenoxy) is 1. The van der Waals surface area contributed by atoms with Crippen molar-refractivity contribution in [3.8, 4) is 5.75 Å². The van der Waals surface area contributed by atoms with Crippen LogP contribution in [-0.2, 0) is 4.79 Å². The first-order chi connectivity index (χ1) is 13.0. The number of imide groups is 1. The molecule has 8 heteroatoms. The van der Waals surface area contributed by atoms with Gasteiger partial charge in [-0.1, -0.05) is 32.1 Å². The van der Waals surface area contributed by atoms with E-state index in [1.807, 2.05) is 0 Å². The number of nitrogens with two attached hydrogens (primary N) is 1. The van der Waals surface area contributed by atoms with Crippen molar-refractivity contribution in [1.29, 1.82) is 0 Å². The second-order valence-electron chi connectivity index (χ2n) is 6.60. The summed E-state index contributed by atoms with van der Waals surface area (Å²) in [6.07, 6.45) is 8.09. The quantitative estimate of drug-likeness (QED) is 0.681. The van der Waals surface area contributed by atoms with Crippen LogP contribution in [0.3, 0.4) is 0 Å². The van der Waals surface area contributed by atoms with Crippen molar-refractivity contribution in [2.45, 2.75) is 45.1 Å². The number of rotatable bonds is 9. The maximum Gasteiger partial charge on any atom is 0.387 e. The van der Waals surface area contributed by atoms with E-state index in [1.165, 1.54) is 31.4 Å². The number of benzene rings is 1. The summed E-state index contributed by atoms with van der Waals surface area (Å²) in [6, 6.07) is 5.17. The lowest BCUT2D eigenvalue weighted by Crippen LogP contribution is -2.43. The number of hydrogen-bond donors (Lipinski definition) is 2. The maximum atomic E-state index is 12.3. The van der Waals surface area contributed by atoms with Gasteiger partial charge in [-0.3, -0.25) is 9.69 Å². The van der Waals surface area contributed by atoms with E-state index in [0.29, 0.717) is 24.6 Å². The average molecular weight is 382 g/mol. The zero-order valence-electron chi connectivity index (χ0n) is 15.2. The molecule has 0 spiro atoms. The molecule has 0 heterocycles. The molecule has 0 unspecified atom stereocenters. The summed E-state index contributed by atoms with van der Waals surface area (Å²) in [7, 11) is 0. The van der Waals surface area contributed by atoms with E-state index in [1.54, 1.807) is 18.6 Å². The smallest absolute Gasteiger partial charge is 0.387 e. The molecule has 1 radical (unpaired) electrons. The predicted octanol–water partition coefficient (Wildman–Crippen LogP) is 3.78. The van der Waals surface area contributed by atoms with E-state index in [4.69, 9.17) is 5.73 Å². The van der Waals surface area contributed by atoms with Gasteiger partial charge < -0.3 is 15.8 Å². The van der Waals surface area contributed by atoms with E-state index < -0.39 is 12.6 Å². The molecule has 1 fully saturated rings. The molecule has 0 bridgehead atoms. The Bertz CT molecular complexity index is 605. The van der Waals surface area contributed by atoms with E-state index in [2.05, 4.69) is 10.1 Å². The van der Waals surface area contributed by atoms with Gasteiger partial charge in [-0.25, -0.2) is 4.79 Å². The number of carbonyl (C=O) groups is 2. The standard InChI is InChI=1S/C19H26F2N3O3/c20-18(21)27-16-9-7-15(8-10-16)23-12-13-24(19(22)26)17(25)11-6-14-4-2-1-3-5-14/h7-11,14,18,23H,1-6,12-13H2,(H2,22,26). The number of halogens is 2. The van der Waals surface area contributed by atoms with Crippen LogP contribution in [0.5, 0.6) is 5.75 Å². The van der Waals surface area contributed by atoms with Crippen LogP contribution < -0.4 is 15.8 Å². The molecule has 149 valence electrons. The number of carbonyl (C=O) groups excluding carboxylic acids is 2. The average Bonchev–Trinajstić information content (AvgIpc) is 2.64. The van der Waals surface area contributed by atoms with Crippen LogP contribution in [0.15, 0.2) is 24.3 Å². The summed E-state index contributed by atoms with van der Waals surface area (Å²) in [6.45, 7) is -2.46. The highest BCUT2D eigenvalue weighted by molar-refractivity contribution is 5.98. The van der Waals surface area contributed by atoms with Crippen LogP contribution in [0.4, 0.5) is 19.3 Å². The van der Waals surface area contributed by atoms with Crippen molar-refractivity contribution in [2.24, 2.45) is 11.7 Å². The van der Waals surface area contributed by atoms with Crippen LogP contribution in [-0.4, -0.2) is 36.5 Å². The molecule has 2 rings (SSSR count). The van der Waals surface area contributed by atoms with E-state index in [-0.39, 0.29) is 18.2 Å². The van der Waals surface area contributed by atoms with Gasteiger partial charge in [-0.2, -0.15) is 8.78 Å². The highest BCUT2D eigenvalue weighted by atomic mass is 19.3. The van der Waals surface area contributed by atoms with Crippen molar-refractivity contribution < 1.29 is 23.1 Å². The fourth-order valence-corrected chi connectivity index (χ4v) is 3.20. The SMILES string of the molecule is NC(=O)N(CCNc1ccc(OC(F)F)cc1)C(=O)[CH]CC1CCCCC1. The molecule has 6 nitrogen and oxygen atoms in total. The Morgan fingerprint density at radius 2 is 1.89 bits per heavy atom. The summed E-state index contributed by atoms with van der Waals surface area (Å²) < 4.78 is 28.5. The fraction of sp³-hybridized carbons (Fsp3) is 0.526. The maximum absolute atomic E-state index is 12.3. The van der Waals surface area contributed by atoms with Gasteiger partial charge in [0, 0.05) is 18.8 Å². The number of hydrogen-bond acceptors (Lipinski definition) is 4. The lowest BCUT2D eigenvalue weighted by Gasteiger charge is -2.23. The lowest BCUT2D eigenvalue weighted by molar-refractivity contribution is -0.124. The minimum Gasteiger partial charge on any atom is -0.435 e. The normalized spacial score (nSPS) is 14.8. The Morgan fingerprint density at radius 1 is 1.22 bits per heavy atom. The second kappa shape index (κ2) is 10.7. The Morgan fingerprint density at radius 3 is 2.48 bits per heavy atom. The molecule has 27 heavy (non-hydrogen) atoms. The zero-order valence-corrected chi connectivity index (χ0v) is 15.2. The molecule has 1 saturated carbocycles. The number of urea groups is 1. The molecular weight excluding hydrogens is 356 g/mol. The van der Waals surface area contributed by atoms with Crippen molar-refractivity contribution >= 4 is 17.6 Å². The third kappa shape index (κ3) is 7.40. The predicted molar refractivity (Wildman–Crippen MR) is 98.4 cm³/mol. The summed E-state index contributed by atoms with van der Waals surface area (Å²) in [5, 5.41) is 3.01. The molecule has 1 aromatic carbocycles.